The van der Waals surface area contributed by atoms with E-state index >= 15 is 0 Å². The SMILES string of the molecule is COCCCCC1(C(=O)O)CCOC1C1CC1. The first-order valence-electron chi connectivity index (χ1n) is 6.54. The van der Waals surface area contributed by atoms with Gasteiger partial charge in [0.25, 0.3) is 0 Å². The molecule has 17 heavy (non-hydrogen) atoms. The minimum absolute atomic E-state index is 0.0393. The minimum Gasteiger partial charge on any atom is -0.481 e. The molecule has 0 radical (unpaired) electrons. The molecule has 1 saturated heterocycles. The molecule has 4 nitrogen and oxygen atoms in total. The van der Waals surface area contributed by atoms with E-state index in [2.05, 4.69) is 0 Å². The number of carboxylic acids is 1. The summed E-state index contributed by atoms with van der Waals surface area (Å²) in [7, 11) is 1.68. The van der Waals surface area contributed by atoms with E-state index in [4.69, 9.17) is 9.47 Å². The summed E-state index contributed by atoms with van der Waals surface area (Å²) < 4.78 is 10.7. The molecule has 4 heteroatoms. The summed E-state index contributed by atoms with van der Waals surface area (Å²) in [6.45, 7) is 1.32. The van der Waals surface area contributed by atoms with Gasteiger partial charge < -0.3 is 14.6 Å². The van der Waals surface area contributed by atoms with E-state index in [1.165, 1.54) is 0 Å². The molecule has 0 aromatic carbocycles. The van der Waals surface area contributed by atoms with E-state index in [0.717, 1.165) is 32.1 Å². The molecule has 0 bridgehead atoms. The number of methoxy groups -OCH3 is 1. The van der Waals surface area contributed by atoms with Gasteiger partial charge in [-0.2, -0.15) is 0 Å². The molecule has 0 aromatic rings. The van der Waals surface area contributed by atoms with Crippen LogP contribution in [0.5, 0.6) is 0 Å². The molecule has 0 aromatic heterocycles. The Balaban J connectivity index is 1.95. The van der Waals surface area contributed by atoms with E-state index < -0.39 is 11.4 Å². The third kappa shape index (κ3) is 2.63. The smallest absolute Gasteiger partial charge is 0.312 e. The van der Waals surface area contributed by atoms with Crippen molar-refractivity contribution in [2.24, 2.45) is 11.3 Å². The first-order chi connectivity index (χ1) is 8.20. The van der Waals surface area contributed by atoms with Gasteiger partial charge >= 0.3 is 5.97 Å². The van der Waals surface area contributed by atoms with Crippen LogP contribution in [0.2, 0.25) is 0 Å². The van der Waals surface area contributed by atoms with Crippen molar-refractivity contribution in [2.45, 2.75) is 44.6 Å². The lowest BCUT2D eigenvalue weighted by atomic mass is 9.75. The van der Waals surface area contributed by atoms with Gasteiger partial charge in [-0.3, -0.25) is 4.79 Å². The van der Waals surface area contributed by atoms with Crippen LogP contribution in [0.15, 0.2) is 0 Å². The van der Waals surface area contributed by atoms with Gasteiger partial charge in [-0.05, 0) is 44.4 Å². The molecule has 98 valence electrons. The van der Waals surface area contributed by atoms with Gasteiger partial charge in [0.15, 0.2) is 0 Å². The Morgan fingerprint density at radius 2 is 2.24 bits per heavy atom. The van der Waals surface area contributed by atoms with Crippen LogP contribution in [0.3, 0.4) is 0 Å². The van der Waals surface area contributed by atoms with Crippen LogP contribution in [-0.2, 0) is 14.3 Å². The predicted molar refractivity (Wildman–Crippen MR) is 62.9 cm³/mol. The maximum Gasteiger partial charge on any atom is 0.312 e. The van der Waals surface area contributed by atoms with Crippen molar-refractivity contribution in [1.29, 1.82) is 0 Å². The fourth-order valence-corrected chi connectivity index (χ4v) is 2.95. The highest BCUT2D eigenvalue weighted by Crippen LogP contribution is 2.50. The Morgan fingerprint density at radius 1 is 1.47 bits per heavy atom. The third-order valence-corrected chi connectivity index (χ3v) is 4.09. The molecule has 1 heterocycles. The van der Waals surface area contributed by atoms with Crippen molar-refractivity contribution in [3.63, 3.8) is 0 Å². The number of carbonyl (C=O) groups is 1. The summed E-state index contributed by atoms with van der Waals surface area (Å²) in [5, 5.41) is 9.56. The molecular weight excluding hydrogens is 220 g/mol. The van der Waals surface area contributed by atoms with Gasteiger partial charge in [-0.1, -0.05) is 0 Å². The molecule has 1 saturated carbocycles. The topological polar surface area (TPSA) is 55.8 Å². The van der Waals surface area contributed by atoms with Crippen molar-refractivity contribution in [1.82, 2.24) is 0 Å². The van der Waals surface area contributed by atoms with Gasteiger partial charge in [-0.25, -0.2) is 0 Å². The van der Waals surface area contributed by atoms with E-state index in [9.17, 15) is 9.90 Å². The first kappa shape index (κ1) is 12.8. The number of unbranched alkanes of at least 4 members (excludes halogenated alkanes) is 1. The molecule has 1 aliphatic carbocycles. The highest BCUT2D eigenvalue weighted by atomic mass is 16.5. The predicted octanol–water partition coefficient (Wildman–Crippen LogP) is 2.07. The van der Waals surface area contributed by atoms with Gasteiger partial charge in [0.05, 0.1) is 11.5 Å². The molecule has 0 amide bonds. The second-order valence-electron chi connectivity index (χ2n) is 5.29. The fraction of sp³-hybridized carbons (Fsp3) is 0.923. The van der Waals surface area contributed by atoms with Crippen LogP contribution >= 0.6 is 0 Å². The summed E-state index contributed by atoms with van der Waals surface area (Å²) in [6.07, 6.45) is 5.48. The lowest BCUT2D eigenvalue weighted by molar-refractivity contribution is -0.154. The number of hydrogen-bond acceptors (Lipinski definition) is 3. The summed E-state index contributed by atoms with van der Waals surface area (Å²) in [5.74, 6) is -0.166. The van der Waals surface area contributed by atoms with Gasteiger partial charge in [0.2, 0.25) is 0 Å². The van der Waals surface area contributed by atoms with Crippen LogP contribution < -0.4 is 0 Å². The number of ether oxygens (including phenoxy) is 2. The van der Waals surface area contributed by atoms with E-state index in [-0.39, 0.29) is 6.10 Å². The van der Waals surface area contributed by atoms with E-state index in [1.807, 2.05) is 0 Å². The second kappa shape index (κ2) is 5.36. The summed E-state index contributed by atoms with van der Waals surface area (Å²) in [4.78, 5) is 11.6. The van der Waals surface area contributed by atoms with Crippen LogP contribution in [0.25, 0.3) is 0 Å². The van der Waals surface area contributed by atoms with Crippen LogP contribution in [0.4, 0.5) is 0 Å². The molecule has 2 atom stereocenters. The maximum absolute atomic E-state index is 11.6. The zero-order valence-electron chi connectivity index (χ0n) is 10.5. The highest BCUT2D eigenvalue weighted by Gasteiger charge is 2.55. The van der Waals surface area contributed by atoms with Crippen molar-refractivity contribution in [3.05, 3.63) is 0 Å². The summed E-state index contributed by atoms with van der Waals surface area (Å²) >= 11 is 0. The van der Waals surface area contributed by atoms with E-state index in [0.29, 0.717) is 25.6 Å². The zero-order valence-corrected chi connectivity index (χ0v) is 10.5. The average molecular weight is 242 g/mol. The Hall–Kier alpha value is -0.610. The van der Waals surface area contributed by atoms with Crippen LogP contribution in [0, 0.1) is 11.3 Å². The zero-order chi connectivity index (χ0) is 12.3. The van der Waals surface area contributed by atoms with Gasteiger partial charge in [-0.15, -0.1) is 0 Å². The fourth-order valence-electron chi connectivity index (χ4n) is 2.95. The molecular formula is C13H22O4. The van der Waals surface area contributed by atoms with Crippen molar-refractivity contribution in [3.8, 4) is 0 Å². The summed E-state index contributed by atoms with van der Waals surface area (Å²) in [5.41, 5.74) is -0.616. The lowest BCUT2D eigenvalue weighted by Crippen LogP contribution is -2.40. The Kier molecular flexibility index (Phi) is 4.05. The highest BCUT2D eigenvalue weighted by molar-refractivity contribution is 5.76. The molecule has 1 N–H and O–H groups in total. The Morgan fingerprint density at radius 3 is 2.82 bits per heavy atom. The van der Waals surface area contributed by atoms with Gasteiger partial charge in [0.1, 0.15) is 0 Å². The quantitative estimate of drug-likeness (QED) is 0.694. The summed E-state index contributed by atoms with van der Waals surface area (Å²) in [6, 6.07) is 0. The number of aliphatic carboxylic acids is 1. The first-order valence-corrected chi connectivity index (χ1v) is 6.54. The monoisotopic (exact) mass is 242 g/mol. The lowest BCUT2D eigenvalue weighted by Gasteiger charge is -2.29. The number of rotatable bonds is 7. The van der Waals surface area contributed by atoms with Crippen molar-refractivity contribution >= 4 is 5.97 Å². The maximum atomic E-state index is 11.6. The standard InChI is InChI=1S/C13H22O4/c1-16-8-3-2-6-13(12(14)15)7-9-17-11(13)10-4-5-10/h10-11H,2-9H2,1H3,(H,14,15). The van der Waals surface area contributed by atoms with Gasteiger partial charge in [0, 0.05) is 20.3 Å². The average Bonchev–Trinajstić information content (AvgIpc) is 3.05. The number of carboxylic acid groups (broad SMARTS) is 1. The molecule has 0 spiro atoms. The molecule has 2 unspecified atom stereocenters. The Bertz CT molecular complexity index is 275. The molecule has 2 fully saturated rings. The Labute approximate surface area is 102 Å². The minimum atomic E-state index is -0.663. The number of hydrogen-bond donors (Lipinski definition) is 1. The van der Waals surface area contributed by atoms with Crippen molar-refractivity contribution in [2.75, 3.05) is 20.3 Å². The molecule has 2 rings (SSSR count). The van der Waals surface area contributed by atoms with E-state index in [1.54, 1.807) is 7.11 Å². The van der Waals surface area contributed by atoms with Crippen LogP contribution in [-0.4, -0.2) is 37.5 Å². The van der Waals surface area contributed by atoms with Crippen molar-refractivity contribution < 1.29 is 19.4 Å². The third-order valence-electron chi connectivity index (χ3n) is 4.09. The largest absolute Gasteiger partial charge is 0.481 e. The molecule has 1 aliphatic heterocycles. The van der Waals surface area contributed by atoms with Crippen LogP contribution in [0.1, 0.15) is 38.5 Å². The normalized spacial score (nSPS) is 32.9. The molecule has 2 aliphatic rings. The second-order valence-corrected chi connectivity index (χ2v) is 5.29.